The van der Waals surface area contributed by atoms with Crippen molar-refractivity contribution in [2.45, 2.75) is 6.92 Å². The van der Waals surface area contributed by atoms with E-state index in [0.29, 0.717) is 12.4 Å². The molecule has 0 bridgehead atoms. The first-order chi connectivity index (χ1) is 5.88. The van der Waals surface area contributed by atoms with Crippen molar-refractivity contribution in [2.24, 2.45) is 0 Å². The molecule has 0 atom stereocenters. The molecule has 1 rings (SSSR count). The third-order valence-corrected chi connectivity index (χ3v) is 1.58. The molecule has 0 saturated carbocycles. The van der Waals surface area contributed by atoms with E-state index in [0.717, 1.165) is 5.56 Å². The fourth-order valence-electron chi connectivity index (χ4n) is 0.899. The molecule has 0 amide bonds. The number of rotatable bonds is 3. The van der Waals surface area contributed by atoms with Crippen LogP contribution in [0, 0.1) is 5.54 Å². The van der Waals surface area contributed by atoms with Crippen molar-refractivity contribution < 1.29 is 23.6 Å². The van der Waals surface area contributed by atoms with Crippen LogP contribution in [0.15, 0.2) is 30.3 Å². The van der Waals surface area contributed by atoms with Crippen LogP contribution in [-0.4, -0.2) is 6.61 Å². The molecule has 0 aromatic heterocycles. The van der Waals surface area contributed by atoms with Crippen LogP contribution in [0.2, 0.25) is 0 Å². The molecule has 64 valence electrons. The maximum atomic E-state index is 5.47. The van der Waals surface area contributed by atoms with Gasteiger partial charge >= 0.3 is 18.9 Å². The number of ether oxygens (including phenoxy) is 1. The van der Waals surface area contributed by atoms with Crippen molar-refractivity contribution >= 4 is 17.4 Å². The first-order valence-electron chi connectivity index (χ1n) is 3.80. The summed E-state index contributed by atoms with van der Waals surface area (Å²) in [6.45, 7) is 2.51. The van der Waals surface area contributed by atoms with E-state index in [9.17, 15) is 0 Å². The fraction of sp³-hybridized carbons (Fsp3) is 0.200. The quantitative estimate of drug-likeness (QED) is 0.371. The average Bonchev–Trinajstić information content (AvgIpc) is 2.15. The smallest absolute Gasteiger partial charge is 0.530 e. The molecule has 0 aliphatic rings. The second-order valence-electron chi connectivity index (χ2n) is 2.22. The van der Waals surface area contributed by atoms with Crippen LogP contribution in [0.5, 0.6) is 0 Å². The molecule has 3 heteroatoms. The van der Waals surface area contributed by atoms with E-state index >= 15 is 0 Å². The maximum Gasteiger partial charge on any atom is 1.00 e. The van der Waals surface area contributed by atoms with Gasteiger partial charge in [0.2, 0.25) is 0 Å². The minimum Gasteiger partial charge on any atom is -0.530 e. The minimum atomic E-state index is 0. The predicted molar refractivity (Wildman–Crippen MR) is 50.6 cm³/mol. The van der Waals surface area contributed by atoms with Crippen LogP contribution in [0.1, 0.15) is 12.5 Å². The standard InChI is InChI=1S/C10H10ClO.Li/c1-2-12-10(8-11)9-6-4-3-5-7-9;/h3-7H,2H2,1H3;/q-1;+1. The Balaban J connectivity index is 0.00000144. The summed E-state index contributed by atoms with van der Waals surface area (Å²) in [6.07, 6.45) is 0. The molecule has 0 fully saturated rings. The third-order valence-electron chi connectivity index (χ3n) is 1.41. The van der Waals surface area contributed by atoms with Gasteiger partial charge in [0.1, 0.15) is 0 Å². The van der Waals surface area contributed by atoms with Crippen LogP contribution in [-0.2, 0) is 4.74 Å². The molecule has 1 aromatic carbocycles. The second kappa shape index (κ2) is 7.09. The molecular weight excluding hydrogens is 179 g/mol. The van der Waals surface area contributed by atoms with Crippen molar-refractivity contribution in [3.05, 3.63) is 41.4 Å². The first-order valence-corrected chi connectivity index (χ1v) is 4.18. The molecule has 0 saturated heterocycles. The molecule has 0 N–H and O–H groups in total. The van der Waals surface area contributed by atoms with E-state index in [2.05, 4.69) is 5.54 Å². The molecule has 0 aliphatic carbocycles. The van der Waals surface area contributed by atoms with Gasteiger partial charge in [0.15, 0.2) is 0 Å². The van der Waals surface area contributed by atoms with Crippen LogP contribution >= 0.6 is 11.6 Å². The normalized spacial score (nSPS) is 10.5. The van der Waals surface area contributed by atoms with Crippen molar-refractivity contribution in [3.8, 4) is 0 Å². The molecule has 0 unspecified atom stereocenters. The van der Waals surface area contributed by atoms with Crippen LogP contribution in [0.3, 0.4) is 0 Å². The Bertz CT molecular complexity index is 259. The Morgan fingerprint density at radius 2 is 2.00 bits per heavy atom. The van der Waals surface area contributed by atoms with E-state index in [-0.39, 0.29) is 18.9 Å². The monoisotopic (exact) mass is 188 g/mol. The SMILES string of the molecule is CCOC(=[C-]Cl)c1ccccc1.[Li+]. The van der Waals surface area contributed by atoms with Crippen molar-refractivity contribution in [2.75, 3.05) is 6.61 Å². The van der Waals surface area contributed by atoms with Gasteiger partial charge < -0.3 is 4.74 Å². The van der Waals surface area contributed by atoms with Crippen molar-refractivity contribution in [3.63, 3.8) is 0 Å². The number of benzene rings is 1. The summed E-state index contributed by atoms with van der Waals surface area (Å²) >= 11 is 5.47. The van der Waals surface area contributed by atoms with Crippen LogP contribution < -0.4 is 18.9 Å². The first kappa shape index (κ1) is 12.6. The Kier molecular flexibility index (Phi) is 6.90. The Morgan fingerprint density at radius 3 is 2.46 bits per heavy atom. The van der Waals surface area contributed by atoms with Gasteiger partial charge in [-0.2, -0.15) is 0 Å². The molecule has 0 aliphatic heterocycles. The van der Waals surface area contributed by atoms with Gasteiger partial charge in [0.25, 0.3) is 0 Å². The maximum absolute atomic E-state index is 5.47. The van der Waals surface area contributed by atoms with E-state index in [1.807, 2.05) is 37.3 Å². The fourth-order valence-corrected chi connectivity index (χ4v) is 1.06. The van der Waals surface area contributed by atoms with Crippen molar-refractivity contribution in [1.82, 2.24) is 0 Å². The predicted octanol–water partition coefficient (Wildman–Crippen LogP) is 0.0675. The van der Waals surface area contributed by atoms with Gasteiger partial charge in [-0.15, -0.1) is 23.2 Å². The zero-order chi connectivity index (χ0) is 8.81. The topological polar surface area (TPSA) is 9.23 Å². The molecule has 0 radical (unpaired) electrons. The van der Waals surface area contributed by atoms with Gasteiger partial charge in [-0.25, -0.2) is 11.6 Å². The van der Waals surface area contributed by atoms with E-state index < -0.39 is 0 Å². The number of halogens is 1. The van der Waals surface area contributed by atoms with Gasteiger partial charge in [0.05, 0.1) is 6.61 Å². The molecule has 0 spiro atoms. The summed E-state index contributed by atoms with van der Waals surface area (Å²) in [5.41, 5.74) is 3.44. The zero-order valence-corrected chi connectivity index (χ0v) is 8.64. The second-order valence-corrected chi connectivity index (χ2v) is 2.41. The summed E-state index contributed by atoms with van der Waals surface area (Å²) in [6, 6.07) is 9.67. The van der Waals surface area contributed by atoms with E-state index in [1.54, 1.807) is 0 Å². The molecule has 0 heterocycles. The molecule has 13 heavy (non-hydrogen) atoms. The molecule has 1 aromatic rings. The minimum absolute atomic E-state index is 0. The molecule has 1 nitrogen and oxygen atoms in total. The summed E-state index contributed by atoms with van der Waals surface area (Å²) in [5.74, 6) is 0.597. The van der Waals surface area contributed by atoms with Gasteiger partial charge in [0, 0.05) is 0 Å². The van der Waals surface area contributed by atoms with Crippen LogP contribution in [0.25, 0.3) is 5.76 Å². The Morgan fingerprint density at radius 1 is 1.38 bits per heavy atom. The van der Waals surface area contributed by atoms with Gasteiger partial charge in [-0.3, -0.25) is 0 Å². The Hall–Kier alpha value is -0.353. The number of hydrogen-bond donors (Lipinski definition) is 0. The molecular formula is C10H10ClLiO. The average molecular weight is 189 g/mol. The van der Waals surface area contributed by atoms with Gasteiger partial charge in [-0.05, 0) is 12.7 Å². The van der Waals surface area contributed by atoms with Crippen molar-refractivity contribution in [1.29, 1.82) is 0 Å². The van der Waals surface area contributed by atoms with Gasteiger partial charge in [-0.1, -0.05) is 18.2 Å². The van der Waals surface area contributed by atoms with E-state index in [4.69, 9.17) is 16.3 Å². The third kappa shape index (κ3) is 3.91. The summed E-state index contributed by atoms with van der Waals surface area (Å²) in [5, 5.41) is 0. The largest absolute Gasteiger partial charge is 1.00 e. The summed E-state index contributed by atoms with van der Waals surface area (Å²) < 4.78 is 5.25. The zero-order valence-electron chi connectivity index (χ0n) is 7.88. The Labute approximate surface area is 95.9 Å². The van der Waals surface area contributed by atoms with Crippen LogP contribution in [0.4, 0.5) is 0 Å². The summed E-state index contributed by atoms with van der Waals surface area (Å²) in [4.78, 5) is 0. The number of hydrogen-bond acceptors (Lipinski definition) is 1. The van der Waals surface area contributed by atoms with E-state index in [1.165, 1.54) is 0 Å². The summed E-state index contributed by atoms with van der Waals surface area (Å²) in [7, 11) is 0.